The minimum Gasteiger partial charge on any atom is -0.343 e. The van der Waals surface area contributed by atoms with Crippen molar-refractivity contribution in [1.29, 1.82) is 0 Å². The summed E-state index contributed by atoms with van der Waals surface area (Å²) in [5.74, 6) is 0.299. The number of nitrogens with one attached hydrogen (secondary N) is 2. The smallest absolute Gasteiger partial charge is 0.250 e. The van der Waals surface area contributed by atoms with Crippen LogP contribution >= 0.6 is 11.3 Å². The van der Waals surface area contributed by atoms with Gasteiger partial charge >= 0.3 is 0 Å². The monoisotopic (exact) mass is 302 g/mol. The zero-order valence-electron chi connectivity index (χ0n) is 10.3. The van der Waals surface area contributed by atoms with E-state index in [0.717, 1.165) is 17.8 Å². The molecule has 2 aromatic heterocycles. The molecular formula is C10H14N4O3S2. The van der Waals surface area contributed by atoms with E-state index in [-0.39, 0.29) is 10.8 Å². The van der Waals surface area contributed by atoms with E-state index in [2.05, 4.69) is 24.7 Å². The highest BCUT2D eigenvalue weighted by molar-refractivity contribution is 7.91. The fraction of sp³-hybridized carbons (Fsp3) is 0.400. The molecule has 0 saturated heterocycles. The van der Waals surface area contributed by atoms with Gasteiger partial charge < -0.3 is 9.84 Å². The van der Waals surface area contributed by atoms with E-state index in [1.54, 1.807) is 12.1 Å². The Balaban J connectivity index is 2.00. The quantitative estimate of drug-likeness (QED) is 0.782. The molecular weight excluding hydrogens is 288 g/mol. The van der Waals surface area contributed by atoms with Crippen molar-refractivity contribution < 1.29 is 12.9 Å². The van der Waals surface area contributed by atoms with E-state index in [9.17, 15) is 8.42 Å². The van der Waals surface area contributed by atoms with Crippen LogP contribution in [0.5, 0.6) is 0 Å². The molecule has 2 heterocycles. The predicted molar refractivity (Wildman–Crippen MR) is 70.0 cm³/mol. The largest absolute Gasteiger partial charge is 0.343 e. The van der Waals surface area contributed by atoms with Crippen molar-refractivity contribution in [2.75, 3.05) is 6.54 Å². The highest BCUT2D eigenvalue weighted by atomic mass is 32.2. The lowest BCUT2D eigenvalue weighted by Crippen LogP contribution is -2.22. The third-order valence-electron chi connectivity index (χ3n) is 2.28. The van der Waals surface area contributed by atoms with Gasteiger partial charge in [0, 0.05) is 11.4 Å². The van der Waals surface area contributed by atoms with Crippen molar-refractivity contribution in [2.45, 2.75) is 24.2 Å². The summed E-state index contributed by atoms with van der Waals surface area (Å²) in [5, 5.41) is 6.69. The Bertz CT molecular complexity index is 607. The second kappa shape index (κ2) is 6.24. The molecule has 0 aliphatic carbocycles. The summed E-state index contributed by atoms with van der Waals surface area (Å²) in [7, 11) is -3.52. The standard InChI is InChI=1S/C10H14N4O3S2/c1-2-11-5-8-3-4-10(18-8)19(15,16)13-6-9-12-7-17-14-9/h3-4,7,11,13H,2,5-6H2,1H3. The van der Waals surface area contributed by atoms with E-state index in [1.165, 1.54) is 11.3 Å². The van der Waals surface area contributed by atoms with Crippen LogP contribution in [0.2, 0.25) is 0 Å². The Morgan fingerprint density at radius 1 is 1.37 bits per heavy atom. The normalized spacial score (nSPS) is 11.8. The SMILES string of the molecule is CCNCc1ccc(S(=O)(=O)NCc2ncon2)s1. The van der Waals surface area contributed by atoms with Gasteiger partial charge in [-0.25, -0.2) is 13.1 Å². The van der Waals surface area contributed by atoms with Crippen LogP contribution in [0.1, 0.15) is 17.6 Å². The van der Waals surface area contributed by atoms with Crippen molar-refractivity contribution in [1.82, 2.24) is 20.2 Å². The van der Waals surface area contributed by atoms with Crippen LogP contribution in [0.15, 0.2) is 27.3 Å². The first kappa shape index (κ1) is 14.1. The lowest BCUT2D eigenvalue weighted by Gasteiger charge is -2.01. The second-order valence-corrected chi connectivity index (χ2v) is 6.84. The molecule has 0 amide bonds. The third-order valence-corrected chi connectivity index (χ3v) is 5.26. The summed E-state index contributed by atoms with van der Waals surface area (Å²) in [6.45, 7) is 3.52. The Morgan fingerprint density at radius 2 is 2.21 bits per heavy atom. The summed E-state index contributed by atoms with van der Waals surface area (Å²) in [6, 6.07) is 3.39. The molecule has 0 aromatic carbocycles. The number of rotatable bonds is 7. The highest BCUT2D eigenvalue weighted by Gasteiger charge is 2.17. The molecule has 0 radical (unpaired) electrons. The van der Waals surface area contributed by atoms with Gasteiger partial charge in [-0.15, -0.1) is 11.3 Å². The number of thiophene rings is 1. The Morgan fingerprint density at radius 3 is 2.89 bits per heavy atom. The van der Waals surface area contributed by atoms with Gasteiger partial charge in [0.05, 0.1) is 6.54 Å². The Kier molecular flexibility index (Phi) is 4.64. The molecule has 2 aromatic rings. The summed E-state index contributed by atoms with van der Waals surface area (Å²) < 4.78 is 31.3. The van der Waals surface area contributed by atoms with E-state index in [0.29, 0.717) is 12.4 Å². The maximum atomic E-state index is 12.0. The van der Waals surface area contributed by atoms with E-state index in [4.69, 9.17) is 0 Å². The lowest BCUT2D eigenvalue weighted by molar-refractivity contribution is 0.409. The molecule has 0 aliphatic rings. The number of aromatic nitrogens is 2. The number of hydrogen-bond donors (Lipinski definition) is 2. The average Bonchev–Trinajstić information content (AvgIpc) is 3.05. The van der Waals surface area contributed by atoms with E-state index < -0.39 is 10.0 Å². The molecule has 0 fully saturated rings. The van der Waals surface area contributed by atoms with Gasteiger partial charge in [-0.05, 0) is 18.7 Å². The molecule has 104 valence electrons. The molecule has 0 spiro atoms. The number of sulfonamides is 1. The first-order valence-electron chi connectivity index (χ1n) is 5.66. The third kappa shape index (κ3) is 3.83. The molecule has 0 unspecified atom stereocenters. The van der Waals surface area contributed by atoms with Crippen LogP contribution in [0.3, 0.4) is 0 Å². The molecule has 0 bridgehead atoms. The zero-order chi connectivity index (χ0) is 13.7. The first-order valence-corrected chi connectivity index (χ1v) is 7.96. The highest BCUT2D eigenvalue weighted by Crippen LogP contribution is 2.21. The van der Waals surface area contributed by atoms with Gasteiger partial charge in [0.15, 0.2) is 5.82 Å². The summed E-state index contributed by atoms with van der Waals surface area (Å²) in [6.07, 6.45) is 1.16. The van der Waals surface area contributed by atoms with Crippen LogP contribution in [0.4, 0.5) is 0 Å². The Hall–Kier alpha value is -1.29. The average molecular weight is 302 g/mol. The molecule has 2 N–H and O–H groups in total. The van der Waals surface area contributed by atoms with Crippen LogP contribution in [-0.4, -0.2) is 25.1 Å². The number of nitrogens with zero attached hydrogens (tertiary/aromatic N) is 2. The van der Waals surface area contributed by atoms with Gasteiger partial charge in [0.1, 0.15) is 4.21 Å². The fourth-order valence-electron chi connectivity index (χ4n) is 1.35. The molecule has 2 rings (SSSR count). The minimum atomic E-state index is -3.52. The molecule has 9 heteroatoms. The van der Waals surface area contributed by atoms with Gasteiger partial charge in [-0.2, -0.15) is 4.98 Å². The van der Waals surface area contributed by atoms with Gasteiger partial charge in [-0.3, -0.25) is 0 Å². The van der Waals surface area contributed by atoms with Crippen LogP contribution in [0, 0.1) is 0 Å². The zero-order valence-corrected chi connectivity index (χ0v) is 11.9. The van der Waals surface area contributed by atoms with Crippen molar-refractivity contribution in [3.63, 3.8) is 0 Å². The van der Waals surface area contributed by atoms with Crippen LogP contribution in [0.25, 0.3) is 0 Å². The Labute approximate surface area is 115 Å². The second-order valence-electron chi connectivity index (χ2n) is 3.67. The molecule has 0 atom stereocenters. The molecule has 0 saturated carbocycles. The van der Waals surface area contributed by atoms with E-state index >= 15 is 0 Å². The van der Waals surface area contributed by atoms with Crippen LogP contribution < -0.4 is 10.0 Å². The molecule has 19 heavy (non-hydrogen) atoms. The summed E-state index contributed by atoms with van der Waals surface area (Å²) >= 11 is 1.24. The van der Waals surface area contributed by atoms with Gasteiger partial charge in [0.2, 0.25) is 16.4 Å². The van der Waals surface area contributed by atoms with Gasteiger partial charge in [0.25, 0.3) is 0 Å². The maximum Gasteiger partial charge on any atom is 0.250 e. The van der Waals surface area contributed by atoms with E-state index in [1.807, 2.05) is 6.92 Å². The first-order chi connectivity index (χ1) is 9.12. The van der Waals surface area contributed by atoms with Crippen LogP contribution in [-0.2, 0) is 23.1 Å². The number of hydrogen-bond acceptors (Lipinski definition) is 7. The molecule has 0 aliphatic heterocycles. The van der Waals surface area contributed by atoms with Crippen molar-refractivity contribution in [2.24, 2.45) is 0 Å². The topological polar surface area (TPSA) is 97.1 Å². The van der Waals surface area contributed by atoms with Crippen molar-refractivity contribution in [3.05, 3.63) is 29.2 Å². The van der Waals surface area contributed by atoms with Gasteiger partial charge in [-0.1, -0.05) is 12.1 Å². The lowest BCUT2D eigenvalue weighted by atomic mass is 10.4. The summed E-state index contributed by atoms with van der Waals surface area (Å²) in [5.41, 5.74) is 0. The van der Waals surface area contributed by atoms with Crippen molar-refractivity contribution in [3.8, 4) is 0 Å². The summed E-state index contributed by atoms with van der Waals surface area (Å²) in [4.78, 5) is 4.72. The minimum absolute atomic E-state index is 0.0132. The van der Waals surface area contributed by atoms with Crippen molar-refractivity contribution >= 4 is 21.4 Å². The molecule has 7 nitrogen and oxygen atoms in total. The fourth-order valence-corrected chi connectivity index (χ4v) is 3.70. The maximum absolute atomic E-state index is 12.0. The predicted octanol–water partition coefficient (Wildman–Crippen LogP) is 0.719.